The molecule has 0 saturated heterocycles. The molecule has 6 heteroatoms. The molecule has 2 aromatic rings. The van der Waals surface area contributed by atoms with Gasteiger partial charge in [-0.25, -0.2) is 0 Å². The smallest absolute Gasteiger partial charge is 0.270 e. The van der Waals surface area contributed by atoms with Crippen LogP contribution in [0.2, 0.25) is 0 Å². The van der Waals surface area contributed by atoms with E-state index in [1.54, 1.807) is 19.1 Å². The van der Waals surface area contributed by atoms with Crippen LogP contribution in [0, 0.1) is 10.1 Å². The van der Waals surface area contributed by atoms with E-state index in [2.05, 4.69) is 4.99 Å². The second kappa shape index (κ2) is 6.82. The lowest BCUT2D eigenvalue weighted by molar-refractivity contribution is -0.384. The highest BCUT2D eigenvalue weighted by molar-refractivity contribution is 5.84. The molecule has 0 amide bonds. The van der Waals surface area contributed by atoms with Crippen LogP contribution in [0.3, 0.4) is 0 Å². The monoisotopic (exact) mass is 300 g/mol. The molecule has 0 spiro atoms. The van der Waals surface area contributed by atoms with Gasteiger partial charge in [0.25, 0.3) is 5.69 Å². The number of aliphatic hydroxyl groups excluding tert-OH is 1. The summed E-state index contributed by atoms with van der Waals surface area (Å²) in [6, 6.07) is 12.3. The normalized spacial score (nSPS) is 13.9. The first-order valence-electron chi connectivity index (χ1n) is 6.72. The SMILES string of the molecule is CC(N=Cc1cc([N+](=O)[O-])ccc1O)C(O)c1ccccc1. The van der Waals surface area contributed by atoms with E-state index in [9.17, 15) is 20.3 Å². The average molecular weight is 300 g/mol. The fraction of sp³-hybridized carbons (Fsp3) is 0.188. The van der Waals surface area contributed by atoms with Crippen molar-refractivity contribution in [1.29, 1.82) is 0 Å². The lowest BCUT2D eigenvalue weighted by Gasteiger charge is -2.15. The van der Waals surface area contributed by atoms with E-state index in [1.807, 2.05) is 18.2 Å². The van der Waals surface area contributed by atoms with Gasteiger partial charge in [0.1, 0.15) is 11.9 Å². The van der Waals surface area contributed by atoms with E-state index >= 15 is 0 Å². The van der Waals surface area contributed by atoms with Gasteiger partial charge in [0.2, 0.25) is 0 Å². The van der Waals surface area contributed by atoms with E-state index in [-0.39, 0.29) is 17.0 Å². The first kappa shape index (κ1) is 15.7. The van der Waals surface area contributed by atoms with Crippen LogP contribution in [0.15, 0.2) is 53.5 Å². The van der Waals surface area contributed by atoms with E-state index < -0.39 is 17.1 Å². The summed E-state index contributed by atoms with van der Waals surface area (Å²) < 4.78 is 0. The quantitative estimate of drug-likeness (QED) is 0.504. The predicted molar refractivity (Wildman–Crippen MR) is 83.2 cm³/mol. The molecule has 0 fully saturated rings. The van der Waals surface area contributed by atoms with Crippen LogP contribution in [0.4, 0.5) is 5.69 Å². The van der Waals surface area contributed by atoms with E-state index in [1.165, 1.54) is 24.4 Å². The second-order valence-corrected chi connectivity index (χ2v) is 4.87. The molecule has 6 nitrogen and oxygen atoms in total. The number of non-ortho nitro benzene ring substituents is 1. The van der Waals surface area contributed by atoms with Crippen LogP contribution in [-0.4, -0.2) is 27.4 Å². The van der Waals surface area contributed by atoms with Crippen LogP contribution >= 0.6 is 0 Å². The summed E-state index contributed by atoms with van der Waals surface area (Å²) in [5.74, 6) is -0.101. The van der Waals surface area contributed by atoms with Crippen molar-refractivity contribution in [1.82, 2.24) is 0 Å². The van der Waals surface area contributed by atoms with Gasteiger partial charge >= 0.3 is 0 Å². The molecule has 2 N–H and O–H groups in total. The van der Waals surface area contributed by atoms with Crippen molar-refractivity contribution in [2.45, 2.75) is 19.1 Å². The Morgan fingerprint density at radius 2 is 1.91 bits per heavy atom. The highest BCUT2D eigenvalue weighted by Gasteiger charge is 2.15. The molecule has 0 heterocycles. The highest BCUT2D eigenvalue weighted by Crippen LogP contribution is 2.23. The third-order valence-electron chi connectivity index (χ3n) is 3.27. The van der Waals surface area contributed by atoms with Crippen molar-refractivity contribution >= 4 is 11.9 Å². The van der Waals surface area contributed by atoms with Crippen molar-refractivity contribution in [2.75, 3.05) is 0 Å². The molecule has 2 unspecified atom stereocenters. The van der Waals surface area contributed by atoms with Gasteiger partial charge in [-0.1, -0.05) is 30.3 Å². The Hall–Kier alpha value is -2.73. The van der Waals surface area contributed by atoms with Crippen molar-refractivity contribution in [3.05, 3.63) is 69.8 Å². The fourth-order valence-corrected chi connectivity index (χ4v) is 1.97. The average Bonchev–Trinajstić information content (AvgIpc) is 2.53. The van der Waals surface area contributed by atoms with Crippen molar-refractivity contribution < 1.29 is 15.1 Å². The maximum atomic E-state index is 10.7. The number of benzene rings is 2. The largest absolute Gasteiger partial charge is 0.507 e. The third kappa shape index (κ3) is 3.67. The number of aromatic hydroxyl groups is 1. The van der Waals surface area contributed by atoms with Crippen LogP contribution in [-0.2, 0) is 0 Å². The molecule has 2 aromatic carbocycles. The minimum absolute atomic E-state index is 0.101. The summed E-state index contributed by atoms with van der Waals surface area (Å²) in [7, 11) is 0. The molecule has 22 heavy (non-hydrogen) atoms. The summed E-state index contributed by atoms with van der Waals surface area (Å²) in [4.78, 5) is 14.4. The molecule has 2 atom stereocenters. The van der Waals surface area contributed by atoms with Gasteiger partial charge in [0.15, 0.2) is 0 Å². The van der Waals surface area contributed by atoms with Crippen LogP contribution in [0.1, 0.15) is 24.2 Å². The number of aliphatic imine (C=N–C) groups is 1. The van der Waals surface area contributed by atoms with E-state index in [4.69, 9.17) is 0 Å². The molecule has 0 radical (unpaired) electrons. The van der Waals surface area contributed by atoms with Gasteiger partial charge in [0, 0.05) is 23.9 Å². The number of nitrogens with zero attached hydrogens (tertiary/aromatic N) is 2. The van der Waals surface area contributed by atoms with E-state index in [0.29, 0.717) is 0 Å². The Morgan fingerprint density at radius 1 is 1.23 bits per heavy atom. The van der Waals surface area contributed by atoms with Gasteiger partial charge in [-0.15, -0.1) is 0 Å². The Bertz CT molecular complexity index is 686. The molecular formula is C16H16N2O4. The summed E-state index contributed by atoms with van der Waals surface area (Å²) >= 11 is 0. The Labute approximate surface area is 127 Å². The molecule has 0 aliphatic carbocycles. The number of phenolic OH excluding ortho intramolecular Hbond substituents is 1. The fourth-order valence-electron chi connectivity index (χ4n) is 1.97. The summed E-state index contributed by atoms with van der Waals surface area (Å²) in [6.45, 7) is 1.72. The molecule has 2 rings (SSSR count). The van der Waals surface area contributed by atoms with Crippen molar-refractivity contribution in [2.24, 2.45) is 4.99 Å². The number of aliphatic hydroxyl groups is 1. The number of rotatable bonds is 5. The minimum atomic E-state index is -0.793. The second-order valence-electron chi connectivity index (χ2n) is 4.87. The zero-order valence-electron chi connectivity index (χ0n) is 12.0. The molecule has 0 aliphatic heterocycles. The molecular weight excluding hydrogens is 284 g/mol. The van der Waals surface area contributed by atoms with Crippen LogP contribution in [0.25, 0.3) is 0 Å². The number of phenols is 1. The first-order chi connectivity index (χ1) is 10.5. The number of hydrogen-bond acceptors (Lipinski definition) is 5. The van der Waals surface area contributed by atoms with Gasteiger partial charge < -0.3 is 10.2 Å². The van der Waals surface area contributed by atoms with Gasteiger partial charge in [-0.05, 0) is 18.6 Å². The Morgan fingerprint density at radius 3 is 2.55 bits per heavy atom. The zero-order valence-corrected chi connectivity index (χ0v) is 12.0. The van der Waals surface area contributed by atoms with Gasteiger partial charge in [-0.3, -0.25) is 15.1 Å². The Kier molecular flexibility index (Phi) is 4.85. The van der Waals surface area contributed by atoms with E-state index in [0.717, 1.165) is 5.56 Å². The standard InChI is InChI=1S/C16H16N2O4/c1-11(16(20)12-5-3-2-4-6-12)17-10-13-9-14(18(21)22)7-8-15(13)19/h2-11,16,19-20H,1H3. The topological polar surface area (TPSA) is 96.0 Å². The van der Waals surface area contributed by atoms with Crippen LogP contribution in [0.5, 0.6) is 5.75 Å². The molecule has 0 bridgehead atoms. The maximum absolute atomic E-state index is 10.7. The summed E-state index contributed by atoms with van der Waals surface area (Å²) in [5.41, 5.74) is 0.840. The van der Waals surface area contributed by atoms with Crippen molar-refractivity contribution in [3.63, 3.8) is 0 Å². The lowest BCUT2D eigenvalue weighted by Crippen LogP contribution is -2.12. The number of nitro benzene ring substituents is 1. The third-order valence-corrected chi connectivity index (χ3v) is 3.27. The first-order valence-corrected chi connectivity index (χ1v) is 6.72. The molecule has 0 aliphatic rings. The summed E-state index contributed by atoms with van der Waals surface area (Å²) in [6.07, 6.45) is 0.539. The number of nitro groups is 1. The molecule has 0 saturated carbocycles. The summed E-state index contributed by atoms with van der Waals surface area (Å²) in [5, 5.41) is 30.6. The number of hydrogen-bond donors (Lipinski definition) is 2. The lowest BCUT2D eigenvalue weighted by atomic mass is 10.0. The van der Waals surface area contributed by atoms with Crippen LogP contribution < -0.4 is 0 Å². The molecule has 0 aromatic heterocycles. The zero-order chi connectivity index (χ0) is 16.1. The minimum Gasteiger partial charge on any atom is -0.507 e. The maximum Gasteiger partial charge on any atom is 0.270 e. The highest BCUT2D eigenvalue weighted by atomic mass is 16.6. The predicted octanol–water partition coefficient (Wildman–Crippen LogP) is 2.84. The van der Waals surface area contributed by atoms with Gasteiger partial charge in [-0.2, -0.15) is 0 Å². The molecule has 114 valence electrons. The van der Waals surface area contributed by atoms with Gasteiger partial charge in [0.05, 0.1) is 11.0 Å². The van der Waals surface area contributed by atoms with Crippen molar-refractivity contribution in [3.8, 4) is 5.75 Å². The Balaban J connectivity index is 2.17.